The van der Waals surface area contributed by atoms with Crippen LogP contribution < -0.4 is 14.9 Å². The van der Waals surface area contributed by atoms with E-state index in [1.165, 1.54) is 11.3 Å². The van der Waals surface area contributed by atoms with E-state index in [1.807, 2.05) is 23.6 Å². The number of hydrogen-bond acceptors (Lipinski definition) is 7. The summed E-state index contributed by atoms with van der Waals surface area (Å²) in [7, 11) is 1.67. The summed E-state index contributed by atoms with van der Waals surface area (Å²) >= 11 is 1.51. The average Bonchev–Trinajstić information content (AvgIpc) is 3.23. The summed E-state index contributed by atoms with van der Waals surface area (Å²) in [5.41, 5.74) is 3.74. The van der Waals surface area contributed by atoms with Gasteiger partial charge in [-0.05, 0) is 56.3 Å². The number of methoxy groups -OCH3 is 1. The van der Waals surface area contributed by atoms with E-state index in [9.17, 15) is 9.59 Å². The maximum Gasteiger partial charge on any atom is 0.338 e. The number of anilines is 1. The molecule has 0 saturated carbocycles. The minimum atomic E-state index is -0.352. The SMILES string of the molecule is CCOC(=O)c1ccc(N=c2scc(-c3ccc4c(c3)NC(=O)CO4)n2C(C)COC)cc1. The minimum Gasteiger partial charge on any atom is -0.482 e. The first-order valence-electron chi connectivity index (χ1n) is 10.6. The zero-order valence-corrected chi connectivity index (χ0v) is 19.5. The Kier molecular flexibility index (Phi) is 6.90. The van der Waals surface area contributed by atoms with Crippen LogP contribution in [-0.4, -0.2) is 43.4 Å². The number of esters is 1. The van der Waals surface area contributed by atoms with E-state index >= 15 is 0 Å². The van der Waals surface area contributed by atoms with Crippen molar-refractivity contribution in [2.45, 2.75) is 19.9 Å². The van der Waals surface area contributed by atoms with Gasteiger partial charge in [0.25, 0.3) is 5.91 Å². The molecule has 172 valence electrons. The number of rotatable bonds is 7. The topological polar surface area (TPSA) is 91.1 Å². The van der Waals surface area contributed by atoms with Crippen LogP contribution in [0, 0.1) is 0 Å². The highest BCUT2D eigenvalue weighted by molar-refractivity contribution is 7.07. The first-order valence-corrected chi connectivity index (χ1v) is 11.5. The van der Waals surface area contributed by atoms with E-state index in [0.29, 0.717) is 30.2 Å². The molecule has 33 heavy (non-hydrogen) atoms. The predicted octanol–water partition coefficient (Wildman–Crippen LogP) is 4.16. The van der Waals surface area contributed by atoms with Crippen LogP contribution >= 0.6 is 11.3 Å². The number of carbonyl (C=O) groups is 2. The van der Waals surface area contributed by atoms with Gasteiger partial charge in [-0.1, -0.05) is 0 Å². The molecular weight excluding hydrogens is 442 g/mol. The van der Waals surface area contributed by atoms with Crippen LogP contribution in [0.5, 0.6) is 5.75 Å². The molecule has 1 atom stereocenters. The van der Waals surface area contributed by atoms with Gasteiger partial charge in [-0.25, -0.2) is 9.79 Å². The Morgan fingerprint density at radius 3 is 2.79 bits per heavy atom. The van der Waals surface area contributed by atoms with Gasteiger partial charge in [0, 0.05) is 18.1 Å². The fraction of sp³-hybridized carbons (Fsp3) is 0.292. The lowest BCUT2D eigenvalue weighted by Crippen LogP contribution is -2.25. The van der Waals surface area contributed by atoms with Gasteiger partial charge in [0.15, 0.2) is 11.4 Å². The van der Waals surface area contributed by atoms with Gasteiger partial charge in [0.2, 0.25) is 0 Å². The molecule has 1 aliphatic rings. The molecule has 8 nitrogen and oxygen atoms in total. The third-order valence-electron chi connectivity index (χ3n) is 5.10. The molecule has 2 aromatic carbocycles. The molecule has 2 heterocycles. The van der Waals surface area contributed by atoms with Crippen molar-refractivity contribution >= 4 is 34.6 Å². The summed E-state index contributed by atoms with van der Waals surface area (Å²) in [5.74, 6) is 0.124. The van der Waals surface area contributed by atoms with Crippen LogP contribution in [0.15, 0.2) is 52.8 Å². The number of aromatic nitrogens is 1. The van der Waals surface area contributed by atoms with E-state index in [2.05, 4.69) is 16.8 Å². The lowest BCUT2D eigenvalue weighted by Gasteiger charge is -2.20. The zero-order chi connectivity index (χ0) is 23.4. The normalized spacial score (nSPS) is 14.3. The second-order valence-electron chi connectivity index (χ2n) is 7.50. The first kappa shape index (κ1) is 22.8. The molecule has 1 unspecified atom stereocenters. The third-order valence-corrected chi connectivity index (χ3v) is 5.94. The Morgan fingerprint density at radius 2 is 2.06 bits per heavy atom. The van der Waals surface area contributed by atoms with Crippen LogP contribution in [-0.2, 0) is 14.3 Å². The molecular formula is C24H25N3O5S. The summed E-state index contributed by atoms with van der Waals surface area (Å²) in [6, 6.07) is 12.7. The van der Waals surface area contributed by atoms with E-state index in [1.54, 1.807) is 38.3 Å². The van der Waals surface area contributed by atoms with E-state index in [-0.39, 0.29) is 24.5 Å². The average molecular weight is 468 g/mol. The van der Waals surface area contributed by atoms with Crippen molar-refractivity contribution in [2.24, 2.45) is 4.99 Å². The fourth-order valence-electron chi connectivity index (χ4n) is 3.59. The molecule has 1 aromatic heterocycles. The number of benzene rings is 2. The van der Waals surface area contributed by atoms with Crippen LogP contribution in [0.2, 0.25) is 0 Å². The van der Waals surface area contributed by atoms with Crippen LogP contribution in [0.3, 0.4) is 0 Å². The Balaban J connectivity index is 1.74. The van der Waals surface area contributed by atoms with Gasteiger partial charge in [0.1, 0.15) is 5.75 Å². The molecule has 1 amide bonds. The lowest BCUT2D eigenvalue weighted by atomic mass is 10.1. The maximum atomic E-state index is 11.9. The Bertz CT molecular complexity index is 1230. The summed E-state index contributed by atoms with van der Waals surface area (Å²) < 4.78 is 18.0. The first-order chi connectivity index (χ1) is 16.0. The number of amides is 1. The number of carbonyl (C=O) groups excluding carboxylic acids is 2. The van der Waals surface area contributed by atoms with Gasteiger partial charge < -0.3 is 24.1 Å². The van der Waals surface area contributed by atoms with Crippen LogP contribution in [0.4, 0.5) is 11.4 Å². The summed E-state index contributed by atoms with van der Waals surface area (Å²) in [6.45, 7) is 4.70. The molecule has 0 saturated heterocycles. The van der Waals surface area contributed by atoms with E-state index < -0.39 is 0 Å². The van der Waals surface area contributed by atoms with Crippen molar-refractivity contribution in [1.82, 2.24) is 4.57 Å². The van der Waals surface area contributed by atoms with Crippen LogP contribution in [0.1, 0.15) is 30.2 Å². The zero-order valence-electron chi connectivity index (χ0n) is 18.7. The van der Waals surface area contributed by atoms with Crippen molar-refractivity contribution < 1.29 is 23.8 Å². The van der Waals surface area contributed by atoms with Crippen LogP contribution in [0.25, 0.3) is 11.3 Å². The second-order valence-corrected chi connectivity index (χ2v) is 8.34. The van der Waals surface area contributed by atoms with Gasteiger partial charge in [-0.2, -0.15) is 0 Å². The van der Waals surface area contributed by atoms with Gasteiger partial charge in [-0.15, -0.1) is 11.3 Å². The number of thiazole rings is 1. The smallest absolute Gasteiger partial charge is 0.338 e. The van der Waals surface area contributed by atoms with Crippen molar-refractivity contribution in [3.63, 3.8) is 0 Å². The lowest BCUT2D eigenvalue weighted by molar-refractivity contribution is -0.118. The van der Waals surface area contributed by atoms with Gasteiger partial charge in [0.05, 0.1) is 41.9 Å². The predicted molar refractivity (Wildman–Crippen MR) is 126 cm³/mol. The van der Waals surface area contributed by atoms with Gasteiger partial charge >= 0.3 is 5.97 Å². The Morgan fingerprint density at radius 1 is 1.27 bits per heavy atom. The Hall–Kier alpha value is -3.43. The highest BCUT2D eigenvalue weighted by atomic mass is 32.1. The van der Waals surface area contributed by atoms with Crippen molar-refractivity contribution in [3.8, 4) is 17.0 Å². The minimum absolute atomic E-state index is 0.00989. The summed E-state index contributed by atoms with van der Waals surface area (Å²) in [5, 5.41) is 4.89. The standard InChI is InChI=1S/C24H25N3O5S/c1-4-31-23(29)16-5-8-18(9-6-16)25-24-27(15(2)12-30-3)20(14-33-24)17-7-10-21-19(11-17)26-22(28)13-32-21/h5-11,14-15H,4,12-13H2,1-3H3,(H,26,28). The van der Waals surface area contributed by atoms with Crippen molar-refractivity contribution in [2.75, 3.05) is 32.2 Å². The molecule has 0 bridgehead atoms. The molecule has 9 heteroatoms. The Labute approximate surface area is 195 Å². The maximum absolute atomic E-state index is 11.9. The highest BCUT2D eigenvalue weighted by Gasteiger charge is 2.19. The van der Waals surface area contributed by atoms with E-state index in [4.69, 9.17) is 19.2 Å². The van der Waals surface area contributed by atoms with Gasteiger partial charge in [-0.3, -0.25) is 4.79 Å². The number of fused-ring (bicyclic) bond motifs is 1. The molecule has 1 N–H and O–H groups in total. The van der Waals surface area contributed by atoms with E-state index in [0.717, 1.165) is 21.7 Å². The largest absolute Gasteiger partial charge is 0.482 e. The molecule has 3 aromatic rings. The number of ether oxygens (including phenoxy) is 3. The molecule has 0 aliphatic carbocycles. The summed E-state index contributed by atoms with van der Waals surface area (Å²) in [6.07, 6.45) is 0. The summed E-state index contributed by atoms with van der Waals surface area (Å²) in [4.78, 5) is 29.3. The fourth-order valence-corrected chi connectivity index (χ4v) is 4.61. The molecule has 1 aliphatic heterocycles. The monoisotopic (exact) mass is 467 g/mol. The quantitative estimate of drug-likeness (QED) is 0.527. The van der Waals surface area contributed by atoms with Crippen molar-refractivity contribution in [3.05, 3.63) is 58.2 Å². The molecule has 4 rings (SSSR count). The number of nitrogens with one attached hydrogen (secondary N) is 1. The number of nitrogens with zero attached hydrogens (tertiary/aromatic N) is 2. The molecule has 0 fully saturated rings. The second kappa shape index (κ2) is 10.0. The molecule has 0 spiro atoms. The third kappa shape index (κ3) is 4.99. The van der Waals surface area contributed by atoms with Crippen molar-refractivity contribution in [1.29, 1.82) is 0 Å². The molecule has 0 radical (unpaired) electrons. The highest BCUT2D eigenvalue weighted by Crippen LogP contribution is 2.33. The number of hydrogen-bond donors (Lipinski definition) is 1.